The van der Waals surface area contributed by atoms with Crippen molar-refractivity contribution in [3.05, 3.63) is 71.4 Å². The monoisotopic (exact) mass is 583 g/mol. The van der Waals surface area contributed by atoms with Gasteiger partial charge >= 0.3 is 0 Å². The summed E-state index contributed by atoms with van der Waals surface area (Å²) in [5.41, 5.74) is 8.36. The van der Waals surface area contributed by atoms with E-state index in [1.165, 1.54) is 68.1 Å². The quantitative estimate of drug-likeness (QED) is 0.192. The Kier molecular flexibility index (Phi) is 29.1. The van der Waals surface area contributed by atoms with Crippen molar-refractivity contribution in [3.63, 3.8) is 0 Å². The zero-order valence-electron chi connectivity index (χ0n) is 29.8. The fourth-order valence-corrected chi connectivity index (χ4v) is 5.14. The van der Waals surface area contributed by atoms with E-state index >= 15 is 0 Å². The lowest BCUT2D eigenvalue weighted by atomic mass is 9.85. The molecule has 1 heterocycles. The van der Waals surface area contributed by atoms with Gasteiger partial charge in [0.05, 0.1) is 0 Å². The highest BCUT2D eigenvalue weighted by Gasteiger charge is 2.30. The number of terminal acetylenes is 1. The lowest BCUT2D eigenvalue weighted by Gasteiger charge is -2.34. The fraction of sp³-hybridized carbons (Fsp3) is 0.650. The first-order chi connectivity index (χ1) is 19.4. The van der Waals surface area contributed by atoms with Crippen molar-refractivity contribution in [2.24, 2.45) is 11.8 Å². The Labute approximate surface area is 264 Å². The van der Waals surface area contributed by atoms with Gasteiger partial charge in [0.1, 0.15) is 0 Å². The predicted molar refractivity (Wildman–Crippen MR) is 197 cm³/mol. The summed E-state index contributed by atoms with van der Waals surface area (Å²) in [6.07, 6.45) is 24.9. The van der Waals surface area contributed by atoms with E-state index in [0.717, 1.165) is 30.1 Å². The van der Waals surface area contributed by atoms with E-state index in [1.807, 2.05) is 11.8 Å². The molecule has 1 heteroatoms. The number of unbranched alkanes of at least 4 members (excludes halogenated alkanes) is 1. The van der Waals surface area contributed by atoms with Gasteiger partial charge in [-0.05, 0) is 72.7 Å². The molecule has 236 valence electrons. The van der Waals surface area contributed by atoms with E-state index in [9.17, 15) is 0 Å². The smallest absolute Gasteiger partial charge is 0.0238 e. The van der Waals surface area contributed by atoms with Crippen molar-refractivity contribution in [1.82, 2.24) is 0 Å². The van der Waals surface area contributed by atoms with E-state index in [1.54, 1.807) is 11.1 Å². The van der Waals surface area contributed by atoms with Gasteiger partial charge < -0.3 is 0 Å². The van der Waals surface area contributed by atoms with E-state index in [-0.39, 0.29) is 4.75 Å². The summed E-state index contributed by atoms with van der Waals surface area (Å²) < 4.78 is 0.264. The lowest BCUT2D eigenvalue weighted by Crippen LogP contribution is -2.24. The second-order valence-corrected chi connectivity index (χ2v) is 13.7. The van der Waals surface area contributed by atoms with Gasteiger partial charge in [-0.25, -0.2) is 0 Å². The van der Waals surface area contributed by atoms with Crippen molar-refractivity contribution >= 4 is 11.8 Å². The van der Waals surface area contributed by atoms with Crippen LogP contribution in [0, 0.1) is 24.2 Å². The van der Waals surface area contributed by atoms with Gasteiger partial charge in [-0.3, -0.25) is 0 Å². The molecular formula is C40H70S. The molecule has 0 aromatic heterocycles. The highest BCUT2D eigenvalue weighted by molar-refractivity contribution is 8.00. The lowest BCUT2D eigenvalue weighted by molar-refractivity contribution is 0.626. The minimum atomic E-state index is 0.264. The molecule has 0 atom stereocenters. The molecule has 0 amide bonds. The molecule has 2 aliphatic rings. The van der Waals surface area contributed by atoms with Gasteiger partial charge in [-0.2, -0.15) is 11.8 Å². The first kappa shape index (κ1) is 43.8. The highest BCUT2D eigenvalue weighted by Crippen LogP contribution is 2.44. The first-order valence-electron chi connectivity index (χ1n) is 16.5. The minimum Gasteiger partial charge on any atom is -0.151 e. The van der Waals surface area contributed by atoms with Gasteiger partial charge in [0, 0.05) is 16.1 Å². The Morgan fingerprint density at radius 3 is 1.95 bits per heavy atom. The Bertz CT molecular complexity index is 846. The third-order valence-corrected chi connectivity index (χ3v) is 8.55. The van der Waals surface area contributed by atoms with E-state index in [2.05, 4.69) is 127 Å². The van der Waals surface area contributed by atoms with E-state index < -0.39 is 0 Å². The average molecular weight is 583 g/mol. The number of rotatable bonds is 9. The molecule has 0 radical (unpaired) electrons. The van der Waals surface area contributed by atoms with Crippen LogP contribution in [-0.2, 0) is 0 Å². The Morgan fingerprint density at radius 1 is 1.00 bits per heavy atom. The van der Waals surface area contributed by atoms with Crippen LogP contribution >= 0.6 is 11.8 Å². The number of allylic oxidation sites excluding steroid dienone is 8. The van der Waals surface area contributed by atoms with E-state index in [0.29, 0.717) is 5.92 Å². The Balaban J connectivity index is -0.000000550. The maximum absolute atomic E-state index is 5.73. The maximum Gasteiger partial charge on any atom is 0.0238 e. The van der Waals surface area contributed by atoms with Crippen LogP contribution in [0.15, 0.2) is 71.4 Å². The second kappa shape index (κ2) is 27.2. The topological polar surface area (TPSA) is 0 Å². The molecule has 0 aromatic carbocycles. The molecule has 0 bridgehead atoms. The Morgan fingerprint density at radius 2 is 1.56 bits per heavy atom. The van der Waals surface area contributed by atoms with Gasteiger partial charge in [-0.15, -0.1) is 19.6 Å². The molecule has 0 spiro atoms. The van der Waals surface area contributed by atoms with E-state index in [4.69, 9.17) is 6.42 Å². The van der Waals surface area contributed by atoms with Crippen LogP contribution < -0.4 is 0 Å². The third kappa shape index (κ3) is 20.8. The second-order valence-electron chi connectivity index (χ2n) is 12.0. The summed E-state index contributed by atoms with van der Waals surface area (Å²) in [4.78, 5) is 0. The first-order valence-corrected chi connectivity index (χ1v) is 17.5. The maximum atomic E-state index is 5.73. The molecule has 0 saturated heterocycles. The van der Waals surface area contributed by atoms with Crippen LogP contribution in [0.4, 0.5) is 0 Å². The van der Waals surface area contributed by atoms with Crippen molar-refractivity contribution in [2.45, 2.75) is 152 Å². The number of thioether (sulfide) groups is 1. The SMILES string of the molecule is C#C/C(=C\CC)C1=C(C(=C)C(C)C)CSC(C)(C)C1.C=C.CCC(C)C.CCCC.CCCC1=C(CC)CCC=C1. The van der Waals surface area contributed by atoms with Crippen LogP contribution in [0.1, 0.15) is 147 Å². The molecule has 0 N–H and O–H groups in total. The molecule has 1 aliphatic heterocycles. The normalized spacial score (nSPS) is 15.8. The van der Waals surface area contributed by atoms with Gasteiger partial charge in [0.2, 0.25) is 0 Å². The van der Waals surface area contributed by atoms with Gasteiger partial charge in [0.15, 0.2) is 0 Å². The summed E-state index contributed by atoms with van der Waals surface area (Å²) in [5.74, 6) is 5.28. The molecule has 0 fully saturated rings. The molecule has 0 unspecified atom stereocenters. The Hall–Kier alpha value is -1.65. The zero-order chi connectivity index (χ0) is 32.4. The predicted octanol–water partition coefficient (Wildman–Crippen LogP) is 13.9. The highest BCUT2D eigenvalue weighted by atomic mass is 32.2. The molecule has 1 aliphatic carbocycles. The third-order valence-electron chi connectivity index (χ3n) is 7.20. The summed E-state index contributed by atoms with van der Waals surface area (Å²) >= 11 is 2.01. The summed E-state index contributed by atoms with van der Waals surface area (Å²) in [5, 5.41) is 0. The molecular weight excluding hydrogens is 513 g/mol. The fourth-order valence-electron chi connectivity index (χ4n) is 4.00. The van der Waals surface area contributed by atoms with Crippen LogP contribution in [0.3, 0.4) is 0 Å². The average Bonchev–Trinajstić information content (AvgIpc) is 2.97. The van der Waals surface area contributed by atoms with Crippen molar-refractivity contribution in [2.75, 3.05) is 5.75 Å². The molecule has 0 saturated carbocycles. The molecule has 0 aromatic rings. The van der Waals surface area contributed by atoms with Crippen LogP contribution in [0.5, 0.6) is 0 Å². The standard InChI is InChI=1S/C18H26S.C11H18.C5H12.C4H10.C2H4/c1-8-10-15(9-2)16-11-18(6,7)19-12-17(16)14(5)13(3)4;1-3-7-11-9-6-5-8-10(11)4-2;1-4-5(2)3;1-3-4-2;1-2/h2,10,13H,5,8,11-12H2,1,3-4,6-7H3;6,9H,3-5,7-8H2,1-2H3;5H,4H2,1-3H3;3-4H2,1-2H3;1-2H2/b15-10+;;;;. The summed E-state index contributed by atoms with van der Waals surface area (Å²) in [6, 6.07) is 0. The number of hydrogen-bond donors (Lipinski definition) is 0. The largest absolute Gasteiger partial charge is 0.151 e. The molecule has 0 nitrogen and oxygen atoms in total. The van der Waals surface area contributed by atoms with Gasteiger partial charge in [-0.1, -0.05) is 145 Å². The van der Waals surface area contributed by atoms with Crippen LogP contribution in [-0.4, -0.2) is 10.5 Å². The van der Waals surface area contributed by atoms with Crippen LogP contribution in [0.2, 0.25) is 0 Å². The van der Waals surface area contributed by atoms with Crippen molar-refractivity contribution in [3.8, 4) is 12.3 Å². The van der Waals surface area contributed by atoms with Crippen LogP contribution in [0.25, 0.3) is 0 Å². The van der Waals surface area contributed by atoms with Crippen molar-refractivity contribution in [1.29, 1.82) is 0 Å². The number of hydrogen-bond acceptors (Lipinski definition) is 1. The molecule has 2 rings (SSSR count). The van der Waals surface area contributed by atoms with Gasteiger partial charge in [0.25, 0.3) is 0 Å². The summed E-state index contributed by atoms with van der Waals surface area (Å²) in [6.45, 7) is 37.0. The molecule has 41 heavy (non-hydrogen) atoms. The zero-order valence-corrected chi connectivity index (χ0v) is 30.6. The summed E-state index contributed by atoms with van der Waals surface area (Å²) in [7, 11) is 0. The minimum absolute atomic E-state index is 0.264. The van der Waals surface area contributed by atoms with Crippen molar-refractivity contribution < 1.29 is 0 Å².